The summed E-state index contributed by atoms with van der Waals surface area (Å²) in [5.41, 5.74) is 1.17. The summed E-state index contributed by atoms with van der Waals surface area (Å²) in [6, 6.07) is 1.60. The minimum atomic E-state index is -3.64. The van der Waals surface area contributed by atoms with Gasteiger partial charge in [0.05, 0.1) is 11.4 Å². The molecule has 9 heteroatoms. The third kappa shape index (κ3) is 3.55. The van der Waals surface area contributed by atoms with E-state index in [1.807, 2.05) is 0 Å². The summed E-state index contributed by atoms with van der Waals surface area (Å²) in [4.78, 5) is 17.4. The number of halogens is 3. The van der Waals surface area contributed by atoms with E-state index in [4.69, 9.17) is 33.9 Å². The van der Waals surface area contributed by atoms with Gasteiger partial charge < -0.3 is 4.90 Å². The standard InChI is InChI=1S/C11H11Cl3N2O3S/c1-6-2-8(12)15-11(13)10(6)16-4-7(3-9(16)17)5-20(14,18)19/h2,7H,3-5H2,1H3. The van der Waals surface area contributed by atoms with Gasteiger partial charge in [-0.1, -0.05) is 23.2 Å². The molecule has 1 aromatic heterocycles. The van der Waals surface area contributed by atoms with Gasteiger partial charge in [-0.3, -0.25) is 4.79 Å². The second-order valence-electron chi connectivity index (χ2n) is 4.68. The Hall–Kier alpha value is -0.560. The first-order chi connectivity index (χ1) is 9.17. The molecule has 1 amide bonds. The maximum atomic E-state index is 12.0. The normalized spacial score (nSPS) is 19.7. The first-order valence-electron chi connectivity index (χ1n) is 5.72. The Bertz CT molecular complexity index is 640. The lowest BCUT2D eigenvalue weighted by molar-refractivity contribution is -0.117. The Balaban J connectivity index is 2.29. The van der Waals surface area contributed by atoms with Crippen LogP contribution in [0.4, 0.5) is 5.69 Å². The number of carbonyl (C=O) groups excluding carboxylic acids is 1. The van der Waals surface area contributed by atoms with Crippen molar-refractivity contribution < 1.29 is 13.2 Å². The Labute approximate surface area is 131 Å². The van der Waals surface area contributed by atoms with Crippen LogP contribution in [0.1, 0.15) is 12.0 Å². The number of hydrogen-bond donors (Lipinski definition) is 0. The van der Waals surface area contributed by atoms with Gasteiger partial charge in [-0.05, 0) is 18.6 Å². The average molecular weight is 358 g/mol. The number of pyridine rings is 1. The van der Waals surface area contributed by atoms with Crippen LogP contribution in [0.15, 0.2) is 6.07 Å². The van der Waals surface area contributed by atoms with Gasteiger partial charge in [-0.2, -0.15) is 0 Å². The predicted molar refractivity (Wildman–Crippen MR) is 79.1 cm³/mol. The van der Waals surface area contributed by atoms with E-state index in [9.17, 15) is 13.2 Å². The van der Waals surface area contributed by atoms with Crippen molar-refractivity contribution in [3.8, 4) is 0 Å². The zero-order chi connectivity index (χ0) is 15.1. The van der Waals surface area contributed by atoms with Gasteiger partial charge in [-0.25, -0.2) is 13.4 Å². The van der Waals surface area contributed by atoms with E-state index in [-0.39, 0.29) is 40.8 Å². The number of anilines is 1. The van der Waals surface area contributed by atoms with Gasteiger partial charge in [0.25, 0.3) is 0 Å². The van der Waals surface area contributed by atoms with Gasteiger partial charge >= 0.3 is 0 Å². The van der Waals surface area contributed by atoms with Crippen LogP contribution in [0, 0.1) is 12.8 Å². The van der Waals surface area contributed by atoms with Gasteiger partial charge in [0.15, 0.2) is 5.15 Å². The van der Waals surface area contributed by atoms with Gasteiger partial charge in [0.2, 0.25) is 15.0 Å². The summed E-state index contributed by atoms with van der Waals surface area (Å²) >= 11 is 11.8. The van der Waals surface area contributed by atoms with Crippen molar-refractivity contribution in [3.05, 3.63) is 21.9 Å². The fourth-order valence-corrected chi connectivity index (χ4v) is 4.26. The van der Waals surface area contributed by atoms with Crippen molar-refractivity contribution in [1.29, 1.82) is 0 Å². The third-order valence-corrected chi connectivity index (χ3v) is 4.72. The van der Waals surface area contributed by atoms with Crippen molar-refractivity contribution in [2.75, 3.05) is 17.2 Å². The van der Waals surface area contributed by atoms with Crippen LogP contribution in [0.25, 0.3) is 0 Å². The molecule has 0 N–H and O–H groups in total. The lowest BCUT2D eigenvalue weighted by atomic mass is 10.1. The highest BCUT2D eigenvalue weighted by molar-refractivity contribution is 8.13. The predicted octanol–water partition coefficient (Wildman–Crippen LogP) is 2.62. The summed E-state index contributed by atoms with van der Waals surface area (Å²) < 4.78 is 22.2. The minimum absolute atomic E-state index is 0.115. The molecule has 1 aliphatic heterocycles. The molecule has 1 saturated heterocycles. The van der Waals surface area contributed by atoms with Crippen molar-refractivity contribution in [3.63, 3.8) is 0 Å². The molecular formula is C11H11Cl3N2O3S. The Morgan fingerprint density at radius 2 is 2.10 bits per heavy atom. The Morgan fingerprint density at radius 3 is 2.65 bits per heavy atom. The van der Waals surface area contributed by atoms with Crippen LogP contribution in [0.3, 0.4) is 0 Å². The maximum Gasteiger partial charge on any atom is 0.232 e. The lowest BCUT2D eigenvalue weighted by Crippen LogP contribution is -2.26. The summed E-state index contributed by atoms with van der Waals surface area (Å²) in [6.07, 6.45) is 0.115. The van der Waals surface area contributed by atoms with Crippen molar-refractivity contribution in [2.24, 2.45) is 5.92 Å². The second-order valence-corrected chi connectivity index (χ2v) is 8.25. The number of carbonyl (C=O) groups is 1. The van der Waals surface area contributed by atoms with Crippen molar-refractivity contribution in [2.45, 2.75) is 13.3 Å². The zero-order valence-electron chi connectivity index (χ0n) is 10.4. The van der Waals surface area contributed by atoms with Crippen LogP contribution < -0.4 is 4.90 Å². The molecule has 1 unspecified atom stereocenters. The number of aromatic nitrogens is 1. The van der Waals surface area contributed by atoms with E-state index in [2.05, 4.69) is 4.98 Å². The zero-order valence-corrected chi connectivity index (χ0v) is 13.5. The maximum absolute atomic E-state index is 12.0. The van der Waals surface area contributed by atoms with E-state index < -0.39 is 9.05 Å². The van der Waals surface area contributed by atoms with Crippen molar-refractivity contribution in [1.82, 2.24) is 4.98 Å². The van der Waals surface area contributed by atoms with Crippen molar-refractivity contribution >= 4 is 54.5 Å². The topological polar surface area (TPSA) is 67.3 Å². The lowest BCUT2D eigenvalue weighted by Gasteiger charge is -2.20. The summed E-state index contributed by atoms with van der Waals surface area (Å²) in [5, 5.41) is 0.362. The Morgan fingerprint density at radius 1 is 1.45 bits per heavy atom. The molecule has 0 radical (unpaired) electrons. The molecule has 110 valence electrons. The smallest absolute Gasteiger partial charge is 0.232 e. The molecule has 1 aliphatic rings. The van der Waals surface area contributed by atoms with Gasteiger partial charge in [0, 0.05) is 29.6 Å². The highest BCUT2D eigenvalue weighted by Crippen LogP contribution is 2.34. The molecule has 0 aliphatic carbocycles. The number of nitrogens with zero attached hydrogens (tertiary/aromatic N) is 2. The van der Waals surface area contributed by atoms with Gasteiger partial charge in [-0.15, -0.1) is 0 Å². The molecule has 0 bridgehead atoms. The number of aryl methyl sites for hydroxylation is 1. The summed E-state index contributed by atoms with van der Waals surface area (Å²) in [5.74, 6) is -0.797. The molecule has 0 spiro atoms. The monoisotopic (exact) mass is 356 g/mol. The number of hydrogen-bond acceptors (Lipinski definition) is 4. The molecule has 0 saturated carbocycles. The second kappa shape index (κ2) is 5.67. The van der Waals surface area contributed by atoms with Crippen LogP contribution in [-0.4, -0.2) is 31.6 Å². The van der Waals surface area contributed by atoms with E-state index >= 15 is 0 Å². The summed E-state index contributed by atoms with van der Waals surface area (Å²) in [6.45, 7) is 2.00. The molecule has 2 heterocycles. The first kappa shape index (κ1) is 15.8. The number of rotatable bonds is 3. The molecule has 1 atom stereocenters. The SMILES string of the molecule is Cc1cc(Cl)nc(Cl)c1N1CC(CS(=O)(=O)Cl)CC1=O. The third-order valence-electron chi connectivity index (χ3n) is 3.02. The highest BCUT2D eigenvalue weighted by atomic mass is 35.7. The van der Waals surface area contributed by atoms with Crippen LogP contribution in [0.2, 0.25) is 10.3 Å². The molecule has 1 fully saturated rings. The highest BCUT2D eigenvalue weighted by Gasteiger charge is 2.35. The molecule has 5 nitrogen and oxygen atoms in total. The van der Waals surface area contributed by atoms with Gasteiger partial charge in [0.1, 0.15) is 5.15 Å². The van der Waals surface area contributed by atoms with E-state index in [0.717, 1.165) is 0 Å². The Kier molecular flexibility index (Phi) is 4.49. The molecular weight excluding hydrogens is 347 g/mol. The number of amides is 1. The van der Waals surface area contributed by atoms with E-state index in [0.29, 0.717) is 11.3 Å². The minimum Gasteiger partial charge on any atom is -0.309 e. The quantitative estimate of drug-likeness (QED) is 0.616. The molecule has 1 aromatic rings. The largest absolute Gasteiger partial charge is 0.309 e. The van der Waals surface area contributed by atoms with E-state index in [1.54, 1.807) is 13.0 Å². The molecule has 2 rings (SSSR count). The van der Waals surface area contributed by atoms with Crippen LogP contribution >= 0.6 is 33.9 Å². The fourth-order valence-electron chi connectivity index (χ4n) is 2.30. The summed E-state index contributed by atoms with van der Waals surface area (Å²) in [7, 11) is 1.58. The van der Waals surface area contributed by atoms with Crippen LogP contribution in [0.5, 0.6) is 0 Å². The van der Waals surface area contributed by atoms with Crippen LogP contribution in [-0.2, 0) is 13.8 Å². The van der Waals surface area contributed by atoms with E-state index in [1.165, 1.54) is 4.90 Å². The first-order valence-corrected chi connectivity index (χ1v) is 8.96. The molecule has 0 aromatic carbocycles. The fraction of sp³-hybridized carbons (Fsp3) is 0.455. The average Bonchev–Trinajstić information content (AvgIpc) is 2.55. The molecule has 20 heavy (non-hydrogen) atoms.